The normalized spacial score (nSPS) is 25.6. The average Bonchev–Trinajstić information content (AvgIpc) is 2.68. The third-order valence-electron chi connectivity index (χ3n) is 6.12. The summed E-state index contributed by atoms with van der Waals surface area (Å²) < 4.78 is 0. The number of hydrogen-bond donors (Lipinski definition) is 0. The quantitative estimate of drug-likeness (QED) is 0.703. The highest BCUT2D eigenvalue weighted by atomic mass is 16.1. The Morgan fingerprint density at radius 1 is 0.923 bits per heavy atom. The standard InChI is InChI=1S/C24H27NO/c1-18(20-11-6-3-7-12-20)24(26)21-15-22-13-8-14-23(16-21)25(22)17-19-9-4-2-5-10-19/h2-7,9-12,21-23H,1,8,13-17H2. The molecule has 26 heavy (non-hydrogen) atoms. The van der Waals surface area contributed by atoms with Crippen molar-refractivity contribution < 1.29 is 4.79 Å². The van der Waals surface area contributed by atoms with Gasteiger partial charge in [0.2, 0.25) is 0 Å². The highest BCUT2D eigenvalue weighted by Gasteiger charge is 2.40. The van der Waals surface area contributed by atoms with Crippen molar-refractivity contribution in [2.24, 2.45) is 5.92 Å². The minimum atomic E-state index is 0.130. The molecular formula is C24H27NO. The Morgan fingerprint density at radius 2 is 1.50 bits per heavy atom. The number of rotatable bonds is 5. The van der Waals surface area contributed by atoms with Crippen LogP contribution < -0.4 is 0 Å². The Balaban J connectivity index is 1.47. The summed E-state index contributed by atoms with van der Waals surface area (Å²) >= 11 is 0. The van der Waals surface area contributed by atoms with Crippen molar-refractivity contribution in [1.82, 2.24) is 4.90 Å². The van der Waals surface area contributed by atoms with E-state index in [2.05, 4.69) is 41.8 Å². The van der Waals surface area contributed by atoms with Crippen LogP contribution in [0.25, 0.3) is 5.57 Å². The van der Waals surface area contributed by atoms with Crippen molar-refractivity contribution >= 4 is 11.4 Å². The first-order chi connectivity index (χ1) is 12.7. The van der Waals surface area contributed by atoms with Crippen LogP contribution in [-0.4, -0.2) is 22.8 Å². The zero-order chi connectivity index (χ0) is 17.9. The van der Waals surface area contributed by atoms with E-state index in [9.17, 15) is 4.79 Å². The lowest BCUT2D eigenvalue weighted by Gasteiger charge is -2.48. The highest BCUT2D eigenvalue weighted by molar-refractivity contribution is 6.21. The van der Waals surface area contributed by atoms with Crippen LogP contribution in [0.4, 0.5) is 0 Å². The van der Waals surface area contributed by atoms with Crippen LogP contribution in [0.1, 0.15) is 43.2 Å². The molecule has 2 aromatic carbocycles. The van der Waals surface area contributed by atoms with Crippen LogP contribution in [0.5, 0.6) is 0 Å². The Labute approximate surface area is 156 Å². The van der Waals surface area contributed by atoms with E-state index < -0.39 is 0 Å². The number of hydrogen-bond acceptors (Lipinski definition) is 2. The lowest BCUT2D eigenvalue weighted by molar-refractivity contribution is -0.121. The summed E-state index contributed by atoms with van der Waals surface area (Å²) in [4.78, 5) is 15.7. The predicted molar refractivity (Wildman–Crippen MR) is 107 cm³/mol. The second-order valence-electron chi connectivity index (χ2n) is 7.77. The molecule has 2 heterocycles. The predicted octanol–water partition coefficient (Wildman–Crippen LogP) is 5.10. The highest BCUT2D eigenvalue weighted by Crippen LogP contribution is 2.39. The summed E-state index contributed by atoms with van der Waals surface area (Å²) in [5.41, 5.74) is 3.03. The van der Waals surface area contributed by atoms with E-state index in [0.717, 1.165) is 24.9 Å². The number of allylic oxidation sites excluding steroid dienone is 1. The fourth-order valence-electron chi connectivity index (χ4n) is 4.77. The second kappa shape index (κ2) is 7.59. The summed E-state index contributed by atoms with van der Waals surface area (Å²) in [6.07, 6.45) is 5.68. The van der Waals surface area contributed by atoms with Crippen LogP contribution in [0.3, 0.4) is 0 Å². The molecule has 2 nitrogen and oxygen atoms in total. The summed E-state index contributed by atoms with van der Waals surface area (Å²) in [7, 11) is 0. The van der Waals surface area contributed by atoms with Crippen molar-refractivity contribution in [3.05, 3.63) is 78.4 Å². The van der Waals surface area contributed by atoms with Gasteiger partial charge in [0, 0.05) is 30.1 Å². The summed E-state index contributed by atoms with van der Waals surface area (Å²) in [5.74, 6) is 0.387. The van der Waals surface area contributed by atoms with Crippen molar-refractivity contribution in [2.45, 2.75) is 50.7 Å². The number of carbonyl (C=O) groups excluding carboxylic acids is 1. The van der Waals surface area contributed by atoms with E-state index in [0.29, 0.717) is 17.7 Å². The Kier molecular flexibility index (Phi) is 5.03. The smallest absolute Gasteiger partial charge is 0.166 e. The van der Waals surface area contributed by atoms with Gasteiger partial charge < -0.3 is 0 Å². The molecule has 4 rings (SSSR count). The molecule has 2 saturated heterocycles. The number of Topliss-reactive ketones (excluding diaryl/α,β-unsaturated/α-hetero) is 1. The SMILES string of the molecule is C=C(C(=O)C1CC2CCCC(C1)N2Cc1ccccc1)c1ccccc1. The van der Waals surface area contributed by atoms with E-state index in [4.69, 9.17) is 0 Å². The Hall–Kier alpha value is -2.19. The molecule has 2 aliphatic rings. The maximum Gasteiger partial charge on any atom is 0.166 e. The van der Waals surface area contributed by atoms with Gasteiger partial charge >= 0.3 is 0 Å². The Morgan fingerprint density at radius 3 is 2.12 bits per heavy atom. The number of ketones is 1. The van der Waals surface area contributed by atoms with Gasteiger partial charge in [-0.1, -0.05) is 73.7 Å². The van der Waals surface area contributed by atoms with Gasteiger partial charge in [-0.3, -0.25) is 9.69 Å². The minimum Gasteiger partial charge on any atom is -0.294 e. The van der Waals surface area contributed by atoms with Gasteiger partial charge in [-0.2, -0.15) is 0 Å². The summed E-state index contributed by atoms with van der Waals surface area (Å²) in [5, 5.41) is 0. The second-order valence-corrected chi connectivity index (χ2v) is 7.77. The first-order valence-corrected chi connectivity index (χ1v) is 9.80. The molecule has 0 saturated carbocycles. The third kappa shape index (κ3) is 3.52. The van der Waals surface area contributed by atoms with E-state index in [1.807, 2.05) is 30.3 Å². The lowest BCUT2D eigenvalue weighted by atomic mass is 9.75. The molecule has 2 aliphatic heterocycles. The number of nitrogens with zero attached hydrogens (tertiary/aromatic N) is 1. The molecular weight excluding hydrogens is 318 g/mol. The molecule has 0 aromatic heterocycles. The number of benzene rings is 2. The summed E-state index contributed by atoms with van der Waals surface area (Å²) in [6.45, 7) is 5.13. The number of fused-ring (bicyclic) bond motifs is 2. The van der Waals surface area contributed by atoms with Crippen molar-refractivity contribution in [3.8, 4) is 0 Å². The largest absolute Gasteiger partial charge is 0.294 e. The van der Waals surface area contributed by atoms with Gasteiger partial charge in [-0.25, -0.2) is 0 Å². The van der Waals surface area contributed by atoms with Crippen LogP contribution in [0.15, 0.2) is 67.2 Å². The summed E-state index contributed by atoms with van der Waals surface area (Å²) in [6, 6.07) is 21.7. The minimum absolute atomic E-state index is 0.130. The Bertz CT molecular complexity index is 753. The fourth-order valence-corrected chi connectivity index (χ4v) is 4.77. The van der Waals surface area contributed by atoms with E-state index >= 15 is 0 Å². The molecule has 0 spiro atoms. The van der Waals surface area contributed by atoms with E-state index in [1.165, 1.54) is 24.8 Å². The molecule has 2 aromatic rings. The molecule has 0 aliphatic carbocycles. The van der Waals surface area contributed by atoms with Crippen LogP contribution in [0, 0.1) is 5.92 Å². The monoisotopic (exact) mass is 345 g/mol. The fraction of sp³-hybridized carbons (Fsp3) is 0.375. The lowest BCUT2D eigenvalue weighted by Crippen LogP contribution is -2.52. The molecule has 2 unspecified atom stereocenters. The molecule has 2 atom stereocenters. The van der Waals surface area contributed by atoms with Gasteiger partial charge in [0.1, 0.15) is 0 Å². The average molecular weight is 345 g/mol. The molecule has 2 bridgehead atoms. The molecule has 0 N–H and O–H groups in total. The molecule has 134 valence electrons. The number of piperidine rings is 2. The van der Waals surface area contributed by atoms with E-state index in [-0.39, 0.29) is 11.7 Å². The van der Waals surface area contributed by atoms with Gasteiger partial charge in [-0.05, 0) is 36.8 Å². The van der Waals surface area contributed by atoms with Crippen LogP contribution in [-0.2, 0) is 11.3 Å². The van der Waals surface area contributed by atoms with Crippen LogP contribution in [0.2, 0.25) is 0 Å². The van der Waals surface area contributed by atoms with Gasteiger partial charge in [0.05, 0.1) is 0 Å². The van der Waals surface area contributed by atoms with Gasteiger partial charge in [0.25, 0.3) is 0 Å². The van der Waals surface area contributed by atoms with Crippen molar-refractivity contribution in [3.63, 3.8) is 0 Å². The first kappa shape index (κ1) is 17.2. The van der Waals surface area contributed by atoms with Gasteiger partial charge in [-0.15, -0.1) is 0 Å². The van der Waals surface area contributed by atoms with Crippen molar-refractivity contribution in [1.29, 1.82) is 0 Å². The first-order valence-electron chi connectivity index (χ1n) is 9.80. The van der Waals surface area contributed by atoms with E-state index in [1.54, 1.807) is 0 Å². The van der Waals surface area contributed by atoms with Gasteiger partial charge in [0.15, 0.2) is 5.78 Å². The van der Waals surface area contributed by atoms with Crippen LogP contribution >= 0.6 is 0 Å². The third-order valence-corrected chi connectivity index (χ3v) is 6.12. The number of carbonyl (C=O) groups is 1. The van der Waals surface area contributed by atoms with Crippen molar-refractivity contribution in [2.75, 3.05) is 0 Å². The topological polar surface area (TPSA) is 20.3 Å². The molecule has 2 heteroatoms. The zero-order valence-electron chi connectivity index (χ0n) is 15.3. The zero-order valence-corrected chi connectivity index (χ0v) is 15.3. The maximum absolute atomic E-state index is 13.1. The molecule has 0 radical (unpaired) electrons. The maximum atomic E-state index is 13.1. The molecule has 2 fully saturated rings. The molecule has 0 amide bonds.